The van der Waals surface area contributed by atoms with Crippen LogP contribution in [0.1, 0.15) is 17.5 Å². The number of Topliss-reactive ketones (excluding diaryl/α,β-unsaturated/α-hetero) is 1. The summed E-state index contributed by atoms with van der Waals surface area (Å²) in [4.78, 5) is 10.6. The molecule has 4 heteroatoms. The van der Waals surface area contributed by atoms with Gasteiger partial charge in [-0.25, -0.2) is 0 Å². The van der Waals surface area contributed by atoms with Gasteiger partial charge in [-0.1, -0.05) is 23.2 Å². The summed E-state index contributed by atoms with van der Waals surface area (Å²) in [5.74, 6) is -0.108. The van der Waals surface area contributed by atoms with E-state index in [1.54, 1.807) is 0 Å². The third kappa shape index (κ3) is 1.18. The lowest BCUT2D eigenvalue weighted by Gasteiger charge is -1.85. The molecule has 54 valence electrons. The predicted octanol–water partition coefficient (Wildman–Crippen LogP) is 2.79. The lowest BCUT2D eigenvalue weighted by Crippen LogP contribution is -1.87. The van der Waals surface area contributed by atoms with Gasteiger partial charge in [-0.15, -0.1) is 0 Å². The number of halogens is 2. The first kappa shape index (κ1) is 7.63. The average Bonchev–Trinajstić information content (AvgIpc) is 2.14. The van der Waals surface area contributed by atoms with Crippen molar-refractivity contribution in [1.82, 2.24) is 0 Å². The highest BCUT2D eigenvalue weighted by Crippen LogP contribution is 2.27. The maximum absolute atomic E-state index is 10.6. The van der Waals surface area contributed by atoms with E-state index in [0.717, 1.165) is 0 Å². The maximum atomic E-state index is 10.6. The van der Waals surface area contributed by atoms with Crippen LogP contribution in [-0.2, 0) is 0 Å². The Morgan fingerprint density at radius 3 is 2.40 bits per heavy atom. The van der Waals surface area contributed by atoms with Gasteiger partial charge in [0.1, 0.15) is 11.3 Å². The minimum Gasteiger partial charge on any atom is -0.458 e. The summed E-state index contributed by atoms with van der Waals surface area (Å²) in [5.41, 5.74) is 0. The molecule has 0 aliphatic heterocycles. The van der Waals surface area contributed by atoms with Crippen molar-refractivity contribution in [1.29, 1.82) is 0 Å². The van der Waals surface area contributed by atoms with Crippen molar-refractivity contribution >= 4 is 29.0 Å². The summed E-state index contributed by atoms with van der Waals surface area (Å²) in [5, 5.41) is 0.459. The van der Waals surface area contributed by atoms with Crippen molar-refractivity contribution in [2.24, 2.45) is 0 Å². The summed E-state index contributed by atoms with van der Waals surface area (Å²) < 4.78 is 4.74. The molecule has 1 rings (SSSR count). The van der Waals surface area contributed by atoms with Crippen molar-refractivity contribution in [2.75, 3.05) is 0 Å². The van der Waals surface area contributed by atoms with Crippen molar-refractivity contribution in [3.8, 4) is 0 Å². The van der Waals surface area contributed by atoms with E-state index in [0.29, 0.717) is 0 Å². The highest BCUT2D eigenvalue weighted by molar-refractivity contribution is 6.43. The van der Waals surface area contributed by atoms with Gasteiger partial charge in [-0.2, -0.15) is 0 Å². The third-order valence-corrected chi connectivity index (χ3v) is 1.76. The second-order valence-corrected chi connectivity index (χ2v) is 2.57. The maximum Gasteiger partial charge on any atom is 0.196 e. The molecule has 0 radical (unpaired) electrons. The Labute approximate surface area is 67.7 Å². The van der Waals surface area contributed by atoms with Crippen molar-refractivity contribution in [3.05, 3.63) is 22.1 Å². The molecule has 0 bridgehead atoms. The fourth-order valence-electron chi connectivity index (χ4n) is 0.560. The molecule has 0 aromatic carbocycles. The molecule has 0 atom stereocenters. The molecule has 0 aliphatic carbocycles. The Morgan fingerprint density at radius 2 is 2.20 bits per heavy atom. The molecule has 0 fully saturated rings. The number of furan rings is 1. The van der Waals surface area contributed by atoms with Gasteiger partial charge in [-0.3, -0.25) is 4.79 Å². The summed E-state index contributed by atoms with van der Waals surface area (Å²) >= 11 is 11.1. The topological polar surface area (TPSA) is 30.2 Å². The van der Waals surface area contributed by atoms with E-state index >= 15 is 0 Å². The molecule has 0 unspecified atom stereocenters. The average molecular weight is 179 g/mol. The molecule has 0 N–H and O–H groups in total. The first-order valence-electron chi connectivity index (χ1n) is 2.56. The zero-order valence-electron chi connectivity index (χ0n) is 5.15. The summed E-state index contributed by atoms with van der Waals surface area (Å²) in [6, 6.07) is 0. The van der Waals surface area contributed by atoms with Crippen LogP contribution in [0.15, 0.2) is 10.7 Å². The molecular formula is C6H4Cl2O2. The molecule has 0 aliphatic rings. The van der Waals surface area contributed by atoms with Gasteiger partial charge in [0.15, 0.2) is 11.5 Å². The fourth-order valence-corrected chi connectivity index (χ4v) is 0.913. The second kappa shape index (κ2) is 2.64. The van der Waals surface area contributed by atoms with Gasteiger partial charge in [0.25, 0.3) is 0 Å². The third-order valence-electron chi connectivity index (χ3n) is 1.01. The molecule has 1 heterocycles. The van der Waals surface area contributed by atoms with Gasteiger partial charge in [0.05, 0.1) is 5.02 Å². The first-order chi connectivity index (χ1) is 4.63. The quantitative estimate of drug-likeness (QED) is 0.620. The van der Waals surface area contributed by atoms with Crippen LogP contribution in [-0.4, -0.2) is 5.78 Å². The van der Waals surface area contributed by atoms with Crippen molar-refractivity contribution < 1.29 is 9.21 Å². The van der Waals surface area contributed by atoms with Crippen LogP contribution in [0.3, 0.4) is 0 Å². The largest absolute Gasteiger partial charge is 0.458 e. The monoisotopic (exact) mass is 178 g/mol. The lowest BCUT2D eigenvalue weighted by molar-refractivity contribution is 0.0987. The first-order valence-corrected chi connectivity index (χ1v) is 3.32. The van der Waals surface area contributed by atoms with Crippen LogP contribution in [0, 0.1) is 0 Å². The van der Waals surface area contributed by atoms with E-state index in [1.165, 1.54) is 13.2 Å². The van der Waals surface area contributed by atoms with Crippen LogP contribution in [0.5, 0.6) is 0 Å². The molecule has 0 spiro atoms. The van der Waals surface area contributed by atoms with Crippen LogP contribution in [0.25, 0.3) is 0 Å². The minimum absolute atomic E-state index is 0.117. The Bertz CT molecular complexity index is 265. The molecule has 2 nitrogen and oxygen atoms in total. The van der Waals surface area contributed by atoms with Gasteiger partial charge in [-0.05, 0) is 0 Å². The van der Waals surface area contributed by atoms with Gasteiger partial charge >= 0.3 is 0 Å². The minimum atomic E-state index is -0.225. The Kier molecular flexibility index (Phi) is 2.02. The van der Waals surface area contributed by atoms with Gasteiger partial charge in [0, 0.05) is 6.92 Å². The van der Waals surface area contributed by atoms with Crippen LogP contribution in [0.2, 0.25) is 10.0 Å². The zero-order chi connectivity index (χ0) is 7.72. The molecule has 10 heavy (non-hydrogen) atoms. The number of hydrogen-bond acceptors (Lipinski definition) is 2. The van der Waals surface area contributed by atoms with E-state index in [4.69, 9.17) is 27.6 Å². The highest BCUT2D eigenvalue weighted by Gasteiger charge is 2.12. The van der Waals surface area contributed by atoms with E-state index in [1.807, 2.05) is 0 Å². The number of rotatable bonds is 1. The SMILES string of the molecule is CC(=O)c1occ(Cl)c1Cl. The zero-order valence-corrected chi connectivity index (χ0v) is 6.66. The molecule has 0 amide bonds. The number of ketones is 1. The van der Waals surface area contributed by atoms with Crippen LogP contribution in [0.4, 0.5) is 0 Å². The smallest absolute Gasteiger partial charge is 0.196 e. The highest BCUT2D eigenvalue weighted by atomic mass is 35.5. The summed E-state index contributed by atoms with van der Waals surface area (Å²) in [6.45, 7) is 1.36. The van der Waals surface area contributed by atoms with Gasteiger partial charge < -0.3 is 4.42 Å². The molecule has 0 saturated heterocycles. The summed E-state index contributed by atoms with van der Waals surface area (Å²) in [6.07, 6.45) is 1.24. The van der Waals surface area contributed by atoms with Gasteiger partial charge in [0.2, 0.25) is 0 Å². The van der Waals surface area contributed by atoms with E-state index in [9.17, 15) is 4.79 Å². The number of hydrogen-bond donors (Lipinski definition) is 0. The standard InChI is InChI=1S/C6H4Cl2O2/c1-3(9)6-5(8)4(7)2-10-6/h2H,1H3. The van der Waals surface area contributed by atoms with Crippen LogP contribution < -0.4 is 0 Å². The second-order valence-electron chi connectivity index (χ2n) is 1.78. The predicted molar refractivity (Wildman–Crippen MR) is 38.7 cm³/mol. The summed E-state index contributed by atoms with van der Waals surface area (Å²) in [7, 11) is 0. The Balaban J connectivity index is 3.17. The van der Waals surface area contributed by atoms with Crippen molar-refractivity contribution in [3.63, 3.8) is 0 Å². The van der Waals surface area contributed by atoms with Crippen LogP contribution >= 0.6 is 23.2 Å². The van der Waals surface area contributed by atoms with Crippen molar-refractivity contribution in [2.45, 2.75) is 6.92 Å². The number of carbonyl (C=O) groups excluding carboxylic acids is 1. The molecule has 1 aromatic heterocycles. The molecular weight excluding hydrogens is 175 g/mol. The Morgan fingerprint density at radius 1 is 1.60 bits per heavy atom. The van der Waals surface area contributed by atoms with E-state index in [-0.39, 0.29) is 21.6 Å². The Hall–Kier alpha value is -0.470. The van der Waals surface area contributed by atoms with E-state index in [2.05, 4.69) is 0 Å². The number of carbonyl (C=O) groups is 1. The fraction of sp³-hybridized carbons (Fsp3) is 0.167. The van der Waals surface area contributed by atoms with E-state index < -0.39 is 0 Å². The lowest BCUT2D eigenvalue weighted by atomic mass is 10.3. The molecule has 1 aromatic rings. The normalized spacial score (nSPS) is 9.90. The molecule has 0 saturated carbocycles.